The maximum absolute atomic E-state index is 9.37. The molecule has 0 fully saturated rings. The number of benzene rings is 4. The fourth-order valence-electron chi connectivity index (χ4n) is 3.88. The highest BCUT2D eigenvalue weighted by Crippen LogP contribution is 2.19. The molecule has 204 valence electrons. The second-order valence-electron chi connectivity index (χ2n) is 8.89. The van der Waals surface area contributed by atoms with E-state index in [1.165, 1.54) is 0 Å². The third-order valence-electron chi connectivity index (χ3n) is 5.90. The molecule has 0 unspecified atom stereocenters. The minimum atomic E-state index is -1.74. The Morgan fingerprint density at radius 1 is 0.310 bits per heavy atom. The minimum Gasteiger partial charge on any atom is -0.421 e. The van der Waals surface area contributed by atoms with Gasteiger partial charge in [-0.2, -0.15) is 0 Å². The van der Waals surface area contributed by atoms with Crippen LogP contribution in [0.1, 0.15) is 0 Å². The van der Waals surface area contributed by atoms with E-state index < -0.39 is 14.2 Å². The molecule has 4 N–H and O–H groups in total. The standard InChI is InChI=1S/2C15H12BN3O2/c2*20-16(21)15-18-13(11-7-3-1-4-8-11)17-14(19-15)12-9-5-2-6-10-12/h2*1-10,20-21H. The SMILES string of the molecule is OB(O)c1nc(-c2ccccc2)nc(-c2ccccc2)n1.OB(O)c1nc(-c2ccccc2)nc(-c2ccccc2)n1. The van der Waals surface area contributed by atoms with Gasteiger partial charge in [0, 0.05) is 22.3 Å². The van der Waals surface area contributed by atoms with Gasteiger partial charge in [0.1, 0.15) is 0 Å². The van der Waals surface area contributed by atoms with Gasteiger partial charge in [-0.3, -0.25) is 0 Å². The van der Waals surface area contributed by atoms with E-state index in [2.05, 4.69) is 29.9 Å². The highest BCUT2D eigenvalue weighted by Gasteiger charge is 2.20. The zero-order valence-corrected chi connectivity index (χ0v) is 22.2. The van der Waals surface area contributed by atoms with E-state index in [4.69, 9.17) is 0 Å². The molecule has 0 spiro atoms. The summed E-state index contributed by atoms with van der Waals surface area (Å²) in [6, 6.07) is 37.4. The molecule has 0 amide bonds. The summed E-state index contributed by atoms with van der Waals surface area (Å²) in [7, 11) is -3.48. The van der Waals surface area contributed by atoms with Crippen LogP contribution in [0.3, 0.4) is 0 Å². The Kier molecular flexibility index (Phi) is 9.12. The van der Waals surface area contributed by atoms with Crippen LogP contribution in [0, 0.1) is 0 Å². The molecule has 0 aliphatic heterocycles. The Bertz CT molecular complexity index is 1490. The Labute approximate surface area is 242 Å². The molecule has 42 heavy (non-hydrogen) atoms. The van der Waals surface area contributed by atoms with Gasteiger partial charge in [0.2, 0.25) is 0 Å². The highest BCUT2D eigenvalue weighted by molar-refractivity contribution is 6.57. The molecule has 6 aromatic rings. The summed E-state index contributed by atoms with van der Waals surface area (Å²) in [5.74, 6) is 1.64. The highest BCUT2D eigenvalue weighted by atomic mass is 16.4. The van der Waals surface area contributed by atoms with Gasteiger partial charge in [0.05, 0.1) is 0 Å². The van der Waals surface area contributed by atoms with Crippen LogP contribution in [0.2, 0.25) is 0 Å². The van der Waals surface area contributed by atoms with E-state index in [9.17, 15) is 20.1 Å². The fraction of sp³-hybridized carbons (Fsp3) is 0. The van der Waals surface area contributed by atoms with Crippen LogP contribution in [0.15, 0.2) is 121 Å². The lowest BCUT2D eigenvalue weighted by Crippen LogP contribution is -2.36. The molecule has 6 rings (SSSR count). The maximum atomic E-state index is 9.37. The van der Waals surface area contributed by atoms with Crippen molar-refractivity contribution in [3.05, 3.63) is 121 Å². The molecule has 2 aromatic heterocycles. The molecule has 0 aliphatic rings. The van der Waals surface area contributed by atoms with Crippen LogP contribution in [0.25, 0.3) is 45.6 Å². The number of nitrogens with zero attached hydrogens (tertiary/aromatic N) is 6. The Morgan fingerprint density at radius 2 is 0.524 bits per heavy atom. The van der Waals surface area contributed by atoms with Crippen LogP contribution >= 0.6 is 0 Å². The summed E-state index contributed by atoms with van der Waals surface area (Å²) < 4.78 is 0. The van der Waals surface area contributed by atoms with Crippen molar-refractivity contribution in [1.29, 1.82) is 0 Å². The Balaban J connectivity index is 0.000000168. The van der Waals surface area contributed by atoms with Gasteiger partial charge in [-0.25, -0.2) is 29.9 Å². The number of rotatable bonds is 6. The molecular weight excluding hydrogens is 530 g/mol. The van der Waals surface area contributed by atoms with Gasteiger partial charge in [-0.15, -0.1) is 0 Å². The first kappa shape index (κ1) is 28.4. The normalized spacial score (nSPS) is 10.4. The van der Waals surface area contributed by atoms with E-state index >= 15 is 0 Å². The minimum absolute atomic E-state index is 0.0669. The van der Waals surface area contributed by atoms with Gasteiger partial charge < -0.3 is 20.1 Å². The van der Waals surface area contributed by atoms with Crippen molar-refractivity contribution in [1.82, 2.24) is 29.9 Å². The van der Waals surface area contributed by atoms with Gasteiger partial charge in [-0.1, -0.05) is 121 Å². The molecule has 0 atom stereocenters. The van der Waals surface area contributed by atoms with Gasteiger partial charge in [0.25, 0.3) is 0 Å². The average Bonchev–Trinajstić information content (AvgIpc) is 3.06. The third kappa shape index (κ3) is 7.14. The van der Waals surface area contributed by atoms with E-state index in [0.717, 1.165) is 22.3 Å². The molecule has 12 heteroatoms. The van der Waals surface area contributed by atoms with Crippen LogP contribution < -0.4 is 11.4 Å². The van der Waals surface area contributed by atoms with E-state index in [1.54, 1.807) is 0 Å². The summed E-state index contributed by atoms with van der Waals surface area (Å²) in [5.41, 5.74) is 3.03. The molecule has 0 radical (unpaired) electrons. The monoisotopic (exact) mass is 554 g/mol. The van der Waals surface area contributed by atoms with Crippen molar-refractivity contribution in [2.24, 2.45) is 0 Å². The van der Waals surface area contributed by atoms with Crippen molar-refractivity contribution < 1.29 is 20.1 Å². The predicted molar refractivity (Wildman–Crippen MR) is 161 cm³/mol. The molecular formula is C30H24B2N6O4. The van der Waals surface area contributed by atoms with E-state index in [-0.39, 0.29) is 11.4 Å². The quantitative estimate of drug-likeness (QED) is 0.224. The van der Waals surface area contributed by atoms with Gasteiger partial charge in [-0.05, 0) is 0 Å². The van der Waals surface area contributed by atoms with Crippen LogP contribution in [0.4, 0.5) is 0 Å². The van der Waals surface area contributed by atoms with Crippen LogP contribution in [-0.4, -0.2) is 64.2 Å². The summed E-state index contributed by atoms with van der Waals surface area (Å²) in [5, 5.41) is 37.5. The molecule has 4 aromatic carbocycles. The molecule has 2 heterocycles. The summed E-state index contributed by atoms with van der Waals surface area (Å²) >= 11 is 0. The topological polar surface area (TPSA) is 158 Å². The largest absolute Gasteiger partial charge is 0.528 e. The Morgan fingerprint density at radius 3 is 0.714 bits per heavy atom. The van der Waals surface area contributed by atoms with Crippen LogP contribution in [0.5, 0.6) is 0 Å². The van der Waals surface area contributed by atoms with Gasteiger partial charge >= 0.3 is 14.2 Å². The fourth-order valence-corrected chi connectivity index (χ4v) is 3.88. The predicted octanol–water partition coefficient (Wildman–Crippen LogP) is 1.77. The van der Waals surface area contributed by atoms with E-state index in [1.807, 2.05) is 121 Å². The Hall–Kier alpha value is -5.13. The first-order chi connectivity index (χ1) is 20.5. The smallest absolute Gasteiger partial charge is 0.421 e. The second-order valence-corrected chi connectivity index (χ2v) is 8.89. The maximum Gasteiger partial charge on any atom is 0.528 e. The number of aromatic nitrogens is 6. The van der Waals surface area contributed by atoms with Crippen LogP contribution in [-0.2, 0) is 0 Å². The molecule has 10 nitrogen and oxygen atoms in total. The van der Waals surface area contributed by atoms with Crippen molar-refractivity contribution in [2.75, 3.05) is 0 Å². The molecule has 0 bridgehead atoms. The lowest BCUT2D eigenvalue weighted by atomic mass is 9.90. The van der Waals surface area contributed by atoms with Crippen molar-refractivity contribution in [3.8, 4) is 45.6 Å². The molecule has 0 aliphatic carbocycles. The summed E-state index contributed by atoms with van der Waals surface area (Å²) in [6.07, 6.45) is 0. The second kappa shape index (κ2) is 13.5. The first-order valence-corrected chi connectivity index (χ1v) is 12.9. The third-order valence-corrected chi connectivity index (χ3v) is 5.90. The van der Waals surface area contributed by atoms with Gasteiger partial charge in [0.15, 0.2) is 34.7 Å². The van der Waals surface area contributed by atoms with Crippen molar-refractivity contribution in [3.63, 3.8) is 0 Å². The zero-order valence-electron chi connectivity index (χ0n) is 22.2. The first-order valence-electron chi connectivity index (χ1n) is 12.9. The van der Waals surface area contributed by atoms with E-state index in [0.29, 0.717) is 23.3 Å². The number of hydrogen-bond acceptors (Lipinski definition) is 10. The average molecular weight is 554 g/mol. The summed E-state index contributed by atoms with van der Waals surface area (Å²) in [4.78, 5) is 25.2. The lowest BCUT2D eigenvalue weighted by molar-refractivity contribution is 0.421. The lowest BCUT2D eigenvalue weighted by Gasteiger charge is -2.07. The number of hydrogen-bond donors (Lipinski definition) is 4. The van der Waals surface area contributed by atoms with Crippen molar-refractivity contribution >= 4 is 25.7 Å². The molecule has 0 saturated carbocycles. The van der Waals surface area contributed by atoms with Crippen molar-refractivity contribution in [2.45, 2.75) is 0 Å². The zero-order chi connectivity index (χ0) is 29.3. The molecule has 0 saturated heterocycles. The summed E-state index contributed by atoms with van der Waals surface area (Å²) in [6.45, 7) is 0.